The molecule has 0 spiro atoms. The van der Waals surface area contributed by atoms with E-state index >= 15 is 0 Å². The van der Waals surface area contributed by atoms with Crippen LogP contribution in [0.4, 0.5) is 9.59 Å². The molecular formula is C26H39N5O6. The molecule has 0 saturated carbocycles. The van der Waals surface area contributed by atoms with Gasteiger partial charge < -0.3 is 29.7 Å². The van der Waals surface area contributed by atoms with Crippen LogP contribution in [-0.4, -0.2) is 99.4 Å². The highest BCUT2D eigenvalue weighted by atomic mass is 16.5. The lowest BCUT2D eigenvalue weighted by atomic mass is 9.93. The maximum absolute atomic E-state index is 13.3. The lowest BCUT2D eigenvalue weighted by molar-refractivity contribution is -0.139. The number of nitrogens with one attached hydrogen (secondary N) is 2. The molecule has 3 rings (SSSR count). The number of rotatable bonds is 9. The number of carbonyl (C=O) groups excluding carboxylic acids is 3. The summed E-state index contributed by atoms with van der Waals surface area (Å²) in [6.45, 7) is 8.68. The first-order valence-electron chi connectivity index (χ1n) is 12.7. The van der Waals surface area contributed by atoms with Crippen molar-refractivity contribution in [1.82, 2.24) is 25.3 Å². The van der Waals surface area contributed by atoms with Crippen LogP contribution in [0.1, 0.15) is 38.8 Å². The molecule has 1 saturated heterocycles. The van der Waals surface area contributed by atoms with Crippen LogP contribution in [0.3, 0.4) is 0 Å². The monoisotopic (exact) mass is 517 g/mol. The molecule has 1 fully saturated rings. The van der Waals surface area contributed by atoms with E-state index in [0.29, 0.717) is 61.1 Å². The fraction of sp³-hybridized carbons (Fsp3) is 0.577. The Morgan fingerprint density at radius 3 is 2.54 bits per heavy atom. The molecule has 11 nitrogen and oxygen atoms in total. The summed E-state index contributed by atoms with van der Waals surface area (Å²) in [6.07, 6.45) is 0.874. The van der Waals surface area contributed by atoms with Gasteiger partial charge in [0.1, 0.15) is 0 Å². The van der Waals surface area contributed by atoms with Gasteiger partial charge in [0.05, 0.1) is 32.4 Å². The zero-order chi connectivity index (χ0) is 27.1. The summed E-state index contributed by atoms with van der Waals surface area (Å²) in [5.74, 6) is 0.412. The van der Waals surface area contributed by atoms with Crippen molar-refractivity contribution in [1.29, 1.82) is 0 Å². The summed E-state index contributed by atoms with van der Waals surface area (Å²) in [6, 6.07) is 4.10. The summed E-state index contributed by atoms with van der Waals surface area (Å²) >= 11 is 0. The van der Waals surface area contributed by atoms with Crippen LogP contribution >= 0.6 is 0 Å². The predicted octanol–water partition coefficient (Wildman–Crippen LogP) is 2.34. The van der Waals surface area contributed by atoms with Crippen molar-refractivity contribution >= 4 is 18.0 Å². The molecule has 0 bridgehead atoms. The summed E-state index contributed by atoms with van der Waals surface area (Å²) in [5.41, 5.74) is 1.48. The Bertz CT molecular complexity index is 1030. The lowest BCUT2D eigenvalue weighted by Crippen LogP contribution is -2.58. The highest BCUT2D eigenvalue weighted by Crippen LogP contribution is 2.40. The molecule has 11 heteroatoms. The Labute approximate surface area is 218 Å². The summed E-state index contributed by atoms with van der Waals surface area (Å²) in [7, 11) is 4.69. The van der Waals surface area contributed by atoms with Gasteiger partial charge in [-0.15, -0.1) is 0 Å². The second-order valence-electron chi connectivity index (χ2n) is 9.11. The van der Waals surface area contributed by atoms with Crippen LogP contribution < -0.4 is 20.1 Å². The van der Waals surface area contributed by atoms with E-state index in [9.17, 15) is 14.4 Å². The first-order chi connectivity index (χ1) is 17.8. The maximum atomic E-state index is 13.3. The van der Waals surface area contributed by atoms with E-state index in [1.165, 1.54) is 19.1 Å². The SMILES string of the molecule is CCCNC(=O)N1CCN(CC2=C(C(=O)OCC)C(c3cccc(OC)c3OC)NC(=O)N2C)CC1C. The summed E-state index contributed by atoms with van der Waals surface area (Å²) < 4.78 is 16.5. The van der Waals surface area contributed by atoms with Gasteiger partial charge in [0.25, 0.3) is 0 Å². The number of benzene rings is 1. The van der Waals surface area contributed by atoms with Crippen molar-refractivity contribution in [2.24, 2.45) is 0 Å². The second kappa shape index (κ2) is 12.7. The number of urea groups is 2. The van der Waals surface area contributed by atoms with Crippen molar-refractivity contribution in [3.05, 3.63) is 35.0 Å². The van der Waals surface area contributed by atoms with Crippen LogP contribution in [0.25, 0.3) is 0 Å². The van der Waals surface area contributed by atoms with Crippen molar-refractivity contribution in [2.75, 3.05) is 60.6 Å². The van der Waals surface area contributed by atoms with Gasteiger partial charge in [0, 0.05) is 57.1 Å². The zero-order valence-corrected chi connectivity index (χ0v) is 22.6. The van der Waals surface area contributed by atoms with Crippen LogP contribution in [0.15, 0.2) is 29.5 Å². The quantitative estimate of drug-likeness (QED) is 0.484. The van der Waals surface area contributed by atoms with Gasteiger partial charge >= 0.3 is 18.0 Å². The van der Waals surface area contributed by atoms with Crippen molar-refractivity contribution in [2.45, 2.75) is 39.3 Å². The summed E-state index contributed by atoms with van der Waals surface area (Å²) in [4.78, 5) is 44.4. The van der Waals surface area contributed by atoms with E-state index in [1.807, 2.05) is 18.7 Å². The smallest absolute Gasteiger partial charge is 0.338 e. The Morgan fingerprint density at radius 2 is 1.92 bits per heavy atom. The fourth-order valence-corrected chi connectivity index (χ4v) is 4.79. The average molecular weight is 518 g/mol. The largest absolute Gasteiger partial charge is 0.493 e. The molecule has 204 valence electrons. The van der Waals surface area contributed by atoms with Gasteiger partial charge in [0.2, 0.25) is 0 Å². The number of nitrogens with zero attached hydrogens (tertiary/aromatic N) is 3. The number of hydrogen-bond donors (Lipinski definition) is 2. The molecule has 2 N–H and O–H groups in total. The Morgan fingerprint density at radius 1 is 1.16 bits per heavy atom. The van der Waals surface area contributed by atoms with Crippen molar-refractivity contribution in [3.63, 3.8) is 0 Å². The third-order valence-corrected chi connectivity index (χ3v) is 6.69. The number of esters is 1. The molecular weight excluding hydrogens is 478 g/mol. The van der Waals surface area contributed by atoms with Crippen molar-refractivity contribution in [3.8, 4) is 11.5 Å². The van der Waals surface area contributed by atoms with Gasteiger partial charge in [-0.3, -0.25) is 9.80 Å². The number of methoxy groups -OCH3 is 2. The fourth-order valence-electron chi connectivity index (χ4n) is 4.79. The highest BCUT2D eigenvalue weighted by Gasteiger charge is 2.40. The van der Waals surface area contributed by atoms with E-state index in [4.69, 9.17) is 14.2 Å². The highest BCUT2D eigenvalue weighted by molar-refractivity contribution is 5.95. The molecule has 0 radical (unpaired) electrons. The van der Waals surface area contributed by atoms with Gasteiger partial charge in [-0.05, 0) is 26.3 Å². The maximum Gasteiger partial charge on any atom is 0.338 e. The minimum absolute atomic E-state index is 0.0331. The summed E-state index contributed by atoms with van der Waals surface area (Å²) in [5, 5.41) is 5.86. The number of likely N-dealkylation sites (N-methyl/N-ethyl adjacent to an activating group) is 1. The van der Waals surface area contributed by atoms with Gasteiger partial charge in [-0.1, -0.05) is 19.1 Å². The molecule has 1 aromatic rings. The number of piperazine rings is 1. The third-order valence-electron chi connectivity index (χ3n) is 6.69. The number of amides is 4. The Hall–Kier alpha value is -3.47. The second-order valence-corrected chi connectivity index (χ2v) is 9.11. The topological polar surface area (TPSA) is 113 Å². The van der Waals surface area contributed by atoms with Crippen LogP contribution in [0, 0.1) is 0 Å². The van der Waals surface area contributed by atoms with Crippen LogP contribution in [0.5, 0.6) is 11.5 Å². The number of para-hydroxylation sites is 1. The Balaban J connectivity index is 1.97. The molecule has 0 aliphatic carbocycles. The molecule has 1 aromatic carbocycles. The number of hydrogen-bond acceptors (Lipinski definition) is 7. The predicted molar refractivity (Wildman–Crippen MR) is 139 cm³/mol. The van der Waals surface area contributed by atoms with E-state index in [0.717, 1.165) is 6.42 Å². The number of ether oxygens (including phenoxy) is 3. The minimum Gasteiger partial charge on any atom is -0.493 e. The average Bonchev–Trinajstić information content (AvgIpc) is 2.89. The first-order valence-corrected chi connectivity index (χ1v) is 12.7. The van der Waals surface area contributed by atoms with Crippen LogP contribution in [-0.2, 0) is 9.53 Å². The van der Waals surface area contributed by atoms with Crippen LogP contribution in [0.2, 0.25) is 0 Å². The molecule has 2 aliphatic rings. The molecule has 37 heavy (non-hydrogen) atoms. The van der Waals surface area contributed by atoms with Crippen molar-refractivity contribution < 1.29 is 28.6 Å². The van der Waals surface area contributed by atoms with E-state index < -0.39 is 12.0 Å². The standard InChI is InChI=1S/C26H39N5O6/c1-7-12-27-25(33)31-14-13-30(15-17(31)3)16-19-21(24(32)37-8-2)22(28-26(34)29(19)4)18-10-9-11-20(35-5)23(18)36-6/h9-11,17,22H,7-8,12-16H2,1-6H3,(H,27,33)(H,28,34). The molecule has 0 aromatic heterocycles. The van der Waals surface area contributed by atoms with Gasteiger partial charge in [-0.25, -0.2) is 14.4 Å². The van der Waals surface area contributed by atoms with Gasteiger partial charge in [-0.2, -0.15) is 0 Å². The minimum atomic E-state index is -0.790. The first kappa shape index (κ1) is 28.1. The molecule has 2 heterocycles. The molecule has 4 amide bonds. The normalized spacial score (nSPS) is 20.4. The lowest BCUT2D eigenvalue weighted by Gasteiger charge is -2.42. The zero-order valence-electron chi connectivity index (χ0n) is 22.6. The third kappa shape index (κ3) is 6.10. The molecule has 2 unspecified atom stereocenters. The molecule has 2 aliphatic heterocycles. The molecule has 2 atom stereocenters. The Kier molecular flexibility index (Phi) is 9.62. The van der Waals surface area contributed by atoms with Gasteiger partial charge in [0.15, 0.2) is 11.5 Å². The number of carbonyl (C=O) groups is 3. The van der Waals surface area contributed by atoms with E-state index in [1.54, 1.807) is 32.2 Å². The van der Waals surface area contributed by atoms with E-state index in [2.05, 4.69) is 15.5 Å². The van der Waals surface area contributed by atoms with E-state index in [-0.39, 0.29) is 24.7 Å².